The molecule has 6 heteroatoms. The lowest BCUT2D eigenvalue weighted by Gasteiger charge is -2.22. The number of nitrogens with one attached hydrogen (secondary N) is 2. The topological polar surface area (TPSA) is 84.2 Å². The van der Waals surface area contributed by atoms with Crippen LogP contribution in [0.5, 0.6) is 0 Å². The predicted molar refractivity (Wildman–Crippen MR) is 85.3 cm³/mol. The van der Waals surface area contributed by atoms with Crippen molar-refractivity contribution in [3.8, 4) is 0 Å². The minimum atomic E-state index is -0.556. The quantitative estimate of drug-likeness (QED) is 0.776. The van der Waals surface area contributed by atoms with Gasteiger partial charge in [-0.05, 0) is 43.2 Å². The lowest BCUT2D eigenvalue weighted by Crippen LogP contribution is -2.36. The van der Waals surface area contributed by atoms with Crippen LogP contribution in [-0.4, -0.2) is 29.0 Å². The summed E-state index contributed by atoms with van der Waals surface area (Å²) in [5, 5.41) is 5.51. The number of hydrogen-bond acceptors (Lipinski definition) is 3. The number of rotatable bonds is 5. The highest BCUT2D eigenvalue weighted by molar-refractivity contribution is 8.00. The summed E-state index contributed by atoms with van der Waals surface area (Å²) in [6, 6.07) is 6.60. The first-order valence-corrected chi connectivity index (χ1v) is 8.01. The third kappa shape index (κ3) is 4.67. The summed E-state index contributed by atoms with van der Waals surface area (Å²) in [6.07, 6.45) is 2.37. The van der Waals surface area contributed by atoms with Crippen LogP contribution in [0.1, 0.15) is 35.7 Å². The monoisotopic (exact) mass is 307 g/mol. The number of thioether (sulfide) groups is 1. The van der Waals surface area contributed by atoms with Crippen molar-refractivity contribution in [1.29, 1.82) is 0 Å². The van der Waals surface area contributed by atoms with Gasteiger partial charge in [0.15, 0.2) is 0 Å². The zero-order valence-electron chi connectivity index (χ0n) is 12.1. The molecule has 114 valence electrons. The first-order chi connectivity index (χ1) is 9.98. The molecule has 1 aliphatic rings. The highest BCUT2D eigenvalue weighted by Crippen LogP contribution is 2.36. The number of urea groups is 1. The van der Waals surface area contributed by atoms with E-state index in [-0.39, 0.29) is 10.7 Å². The van der Waals surface area contributed by atoms with Crippen LogP contribution in [0.2, 0.25) is 0 Å². The molecule has 0 radical (unpaired) electrons. The standard InChI is InChI=1S/C15H21N3O2S/c1-15(7-2-8-21-15)10-18-13(19)12-5-3-11(4-6-12)9-17-14(16)20/h3-6H,2,7-10H2,1H3,(H,18,19)(H3,16,17,20). The Kier molecular flexibility index (Phi) is 5.12. The molecule has 1 aliphatic heterocycles. The number of nitrogens with two attached hydrogens (primary N) is 1. The Morgan fingerprint density at radius 3 is 2.57 bits per heavy atom. The van der Waals surface area contributed by atoms with E-state index >= 15 is 0 Å². The van der Waals surface area contributed by atoms with Crippen LogP contribution in [0.3, 0.4) is 0 Å². The summed E-state index contributed by atoms with van der Waals surface area (Å²) >= 11 is 1.93. The first-order valence-electron chi connectivity index (χ1n) is 7.03. The second-order valence-corrected chi connectivity index (χ2v) is 7.18. The van der Waals surface area contributed by atoms with Gasteiger partial charge in [0.1, 0.15) is 0 Å². The van der Waals surface area contributed by atoms with E-state index in [9.17, 15) is 9.59 Å². The van der Waals surface area contributed by atoms with Gasteiger partial charge < -0.3 is 16.4 Å². The van der Waals surface area contributed by atoms with Crippen molar-refractivity contribution in [1.82, 2.24) is 10.6 Å². The molecule has 21 heavy (non-hydrogen) atoms. The molecule has 5 nitrogen and oxygen atoms in total. The molecule has 1 aromatic rings. The zero-order valence-corrected chi connectivity index (χ0v) is 13.0. The molecule has 3 amide bonds. The Balaban J connectivity index is 1.86. The number of carbonyl (C=O) groups is 2. The minimum Gasteiger partial charge on any atom is -0.352 e. The summed E-state index contributed by atoms with van der Waals surface area (Å²) in [5.41, 5.74) is 6.55. The van der Waals surface area contributed by atoms with Gasteiger partial charge in [-0.3, -0.25) is 4.79 Å². The van der Waals surface area contributed by atoms with Crippen molar-refractivity contribution in [2.45, 2.75) is 31.1 Å². The molecule has 0 saturated carbocycles. The number of carbonyl (C=O) groups excluding carboxylic acids is 2. The second-order valence-electron chi connectivity index (χ2n) is 5.50. The Morgan fingerprint density at radius 2 is 2.00 bits per heavy atom. The highest BCUT2D eigenvalue weighted by atomic mass is 32.2. The van der Waals surface area contributed by atoms with Gasteiger partial charge in [0.2, 0.25) is 0 Å². The van der Waals surface area contributed by atoms with Crippen molar-refractivity contribution in [3.05, 3.63) is 35.4 Å². The average molecular weight is 307 g/mol. The first kappa shape index (κ1) is 15.7. The van der Waals surface area contributed by atoms with Crippen LogP contribution in [0.15, 0.2) is 24.3 Å². The van der Waals surface area contributed by atoms with Gasteiger partial charge in [0.05, 0.1) is 0 Å². The summed E-state index contributed by atoms with van der Waals surface area (Å²) in [7, 11) is 0. The van der Waals surface area contributed by atoms with Crippen molar-refractivity contribution in [2.75, 3.05) is 12.3 Å². The molecule has 4 N–H and O–H groups in total. The van der Waals surface area contributed by atoms with E-state index in [0.717, 1.165) is 12.0 Å². The molecule has 1 aromatic carbocycles. The molecule has 0 aromatic heterocycles. The van der Waals surface area contributed by atoms with Crippen LogP contribution in [-0.2, 0) is 6.54 Å². The van der Waals surface area contributed by atoms with E-state index in [1.807, 2.05) is 23.9 Å². The van der Waals surface area contributed by atoms with Crippen LogP contribution in [0.25, 0.3) is 0 Å². The van der Waals surface area contributed by atoms with Gasteiger partial charge in [-0.2, -0.15) is 11.8 Å². The molecular weight excluding hydrogens is 286 g/mol. The van der Waals surface area contributed by atoms with Crippen LogP contribution in [0, 0.1) is 0 Å². The van der Waals surface area contributed by atoms with Crippen LogP contribution >= 0.6 is 11.8 Å². The van der Waals surface area contributed by atoms with E-state index in [4.69, 9.17) is 5.73 Å². The van der Waals surface area contributed by atoms with E-state index in [2.05, 4.69) is 17.6 Å². The fourth-order valence-corrected chi connectivity index (χ4v) is 3.55. The number of benzene rings is 1. The molecule has 1 fully saturated rings. The van der Waals surface area contributed by atoms with Crippen molar-refractivity contribution in [2.24, 2.45) is 5.73 Å². The smallest absolute Gasteiger partial charge is 0.312 e. The molecule has 1 saturated heterocycles. The fraction of sp³-hybridized carbons (Fsp3) is 0.467. The van der Waals surface area contributed by atoms with Gasteiger partial charge in [0, 0.05) is 23.4 Å². The molecule has 1 heterocycles. The largest absolute Gasteiger partial charge is 0.352 e. The molecule has 0 spiro atoms. The maximum Gasteiger partial charge on any atom is 0.312 e. The Morgan fingerprint density at radius 1 is 1.29 bits per heavy atom. The molecule has 2 rings (SSSR count). The Hall–Kier alpha value is -1.69. The zero-order chi connectivity index (χ0) is 15.3. The van der Waals surface area contributed by atoms with Gasteiger partial charge >= 0.3 is 6.03 Å². The summed E-state index contributed by atoms with van der Waals surface area (Å²) in [4.78, 5) is 22.7. The lowest BCUT2D eigenvalue weighted by molar-refractivity contribution is 0.0950. The normalized spacial score (nSPS) is 21.0. The van der Waals surface area contributed by atoms with E-state index in [1.54, 1.807) is 12.1 Å². The molecule has 1 atom stereocenters. The maximum atomic E-state index is 12.1. The second kappa shape index (κ2) is 6.85. The third-order valence-corrected chi connectivity index (χ3v) is 5.14. The van der Waals surface area contributed by atoms with E-state index < -0.39 is 6.03 Å². The van der Waals surface area contributed by atoms with Gasteiger partial charge in [-0.25, -0.2) is 4.79 Å². The molecule has 0 aliphatic carbocycles. The van der Waals surface area contributed by atoms with Crippen molar-refractivity contribution >= 4 is 23.7 Å². The fourth-order valence-electron chi connectivity index (χ4n) is 2.31. The Labute approximate surface area is 129 Å². The lowest BCUT2D eigenvalue weighted by atomic mass is 10.1. The number of primary amides is 1. The maximum absolute atomic E-state index is 12.1. The third-order valence-electron chi connectivity index (χ3n) is 3.61. The van der Waals surface area contributed by atoms with E-state index in [1.165, 1.54) is 12.2 Å². The minimum absolute atomic E-state index is 0.0573. The van der Waals surface area contributed by atoms with Crippen molar-refractivity contribution in [3.63, 3.8) is 0 Å². The van der Waals surface area contributed by atoms with Crippen LogP contribution in [0.4, 0.5) is 4.79 Å². The Bertz CT molecular complexity index is 510. The van der Waals surface area contributed by atoms with Gasteiger partial charge in [-0.1, -0.05) is 12.1 Å². The average Bonchev–Trinajstić information content (AvgIpc) is 2.90. The van der Waals surface area contributed by atoms with Gasteiger partial charge in [0.25, 0.3) is 5.91 Å². The summed E-state index contributed by atoms with van der Waals surface area (Å²) in [6.45, 7) is 3.26. The number of hydrogen-bond donors (Lipinski definition) is 3. The SMILES string of the molecule is CC1(CNC(=O)c2ccc(CNC(N)=O)cc2)CCCS1. The van der Waals surface area contributed by atoms with Gasteiger partial charge in [-0.15, -0.1) is 0 Å². The predicted octanol–water partition coefficient (Wildman–Crippen LogP) is 1.87. The summed E-state index contributed by atoms with van der Waals surface area (Å²) < 4.78 is 0.168. The number of amides is 3. The van der Waals surface area contributed by atoms with Crippen molar-refractivity contribution < 1.29 is 9.59 Å². The summed E-state index contributed by atoms with van der Waals surface area (Å²) in [5.74, 6) is 1.12. The van der Waals surface area contributed by atoms with E-state index in [0.29, 0.717) is 18.7 Å². The molecular formula is C15H21N3O2S. The molecule has 1 unspecified atom stereocenters. The highest BCUT2D eigenvalue weighted by Gasteiger charge is 2.29. The van der Waals surface area contributed by atoms with Crippen LogP contribution < -0.4 is 16.4 Å². The molecule has 0 bridgehead atoms.